The molecule has 0 aromatic heterocycles. The van der Waals surface area contributed by atoms with Gasteiger partial charge in [-0.2, -0.15) is 0 Å². The summed E-state index contributed by atoms with van der Waals surface area (Å²) in [5, 5.41) is 108. The Hall–Kier alpha value is -9.99. The minimum Gasteiger partial charge on any atom is -0.480 e. The molecule has 6 fully saturated rings. The number of alkyl carbamates (subject to hydrolysis) is 1. The maximum Gasteiger partial charge on any atom is 0.408 e. The van der Waals surface area contributed by atoms with Crippen molar-refractivity contribution in [2.24, 2.45) is 115 Å². The maximum absolute atomic E-state index is 14.0. The first kappa shape index (κ1) is 110. The first-order chi connectivity index (χ1) is 67.7. The highest BCUT2D eigenvalue weighted by atomic mass is 16.6. The van der Waals surface area contributed by atoms with Gasteiger partial charge in [0.15, 0.2) is 17.3 Å². The number of esters is 2. The molecule has 1 amide bonds. The third kappa shape index (κ3) is 18.2. The third-order valence-corrected chi connectivity index (χ3v) is 36.5. The number of Topliss-reactive ketones (excluding diaryl/α,β-unsaturated/α-hetero) is 3. The molecule has 18 rings (SSSR count). The molecule has 146 heavy (non-hydrogen) atoms. The van der Waals surface area contributed by atoms with E-state index >= 15 is 0 Å². The van der Waals surface area contributed by atoms with Crippen LogP contribution >= 0.6 is 0 Å². The van der Waals surface area contributed by atoms with Crippen molar-refractivity contribution in [1.82, 2.24) is 5.32 Å². The Morgan fingerprint density at radius 2 is 0.712 bits per heavy atom. The SMILES string of the molecule is CC(C)(C)C[C@H](NC(=O)OC(C)(C)C)C(=O)O.CC1=C[C@H]2[C@@]3(O)[C@H](C)C[C@]4(O)[C@H]([C@@H]3C=C(COC(c3ccccc3)(c3ccccc3)c3ccccc3)C[C@]2(O)C1=O)C4(C)C.CC1=C[C@H]2[C@@]3(O)[C@H](C)C[C@]4(OC(=O)[C@@H](C)C(C)(C)C)[C@H]([C@@H]3C=C(COC(c3ccccc3)(c3ccccc3)c3ccccc3)C[C@]2(O)C1=O)C4(C)C.CC1=C[C@H]2[C@@]3(O)[C@H](C)C[C@]4(OC(=O)[C@@H](N)C(C)(C)C)[C@H]([C@@H]3C=C(CO)C[C@]2(O)C1=O)C4(C)C. The Kier molecular flexibility index (Phi) is 28.8. The summed E-state index contributed by atoms with van der Waals surface area (Å²) in [6.45, 7) is 47.9. The molecule has 23 nitrogen and oxygen atoms in total. The van der Waals surface area contributed by atoms with Gasteiger partial charge in [0, 0.05) is 88.8 Å². The van der Waals surface area contributed by atoms with Gasteiger partial charge in [-0.15, -0.1) is 0 Å². The van der Waals surface area contributed by atoms with Gasteiger partial charge in [0.05, 0.1) is 48.1 Å². The Bertz CT molecular complexity index is 5960. The molecule has 0 radical (unpaired) electrons. The van der Waals surface area contributed by atoms with Crippen LogP contribution in [0.4, 0.5) is 4.79 Å². The van der Waals surface area contributed by atoms with Crippen LogP contribution in [0.2, 0.25) is 0 Å². The van der Waals surface area contributed by atoms with Crippen LogP contribution in [-0.2, 0) is 63.7 Å². The number of fused-ring (bicyclic) bond motifs is 15. The summed E-state index contributed by atoms with van der Waals surface area (Å²) in [7, 11) is 0. The number of ether oxygens (including phenoxy) is 5. The number of rotatable bonds is 20. The minimum absolute atomic E-state index is 0.0192. The minimum atomic E-state index is -1.84. The number of carboxylic acid groups (broad SMARTS) is 1. The molecule has 12 aliphatic rings. The van der Waals surface area contributed by atoms with Gasteiger partial charge in [-0.05, 0) is 168 Å². The van der Waals surface area contributed by atoms with E-state index in [-0.39, 0.29) is 103 Å². The summed E-state index contributed by atoms with van der Waals surface area (Å²) in [6.07, 6.45) is 12.2. The van der Waals surface area contributed by atoms with Gasteiger partial charge in [-0.1, -0.05) is 350 Å². The molecular weight excluding hydrogens is 1840 g/mol. The van der Waals surface area contributed by atoms with E-state index in [9.17, 15) is 74.4 Å². The topological polar surface area (TPSA) is 386 Å². The van der Waals surface area contributed by atoms with E-state index in [4.69, 9.17) is 34.5 Å². The number of carboxylic acids is 1. The summed E-state index contributed by atoms with van der Waals surface area (Å²) >= 11 is 0. The van der Waals surface area contributed by atoms with Gasteiger partial charge in [0.2, 0.25) is 0 Å². The number of aliphatic hydroxyl groups excluding tert-OH is 1. The third-order valence-electron chi connectivity index (χ3n) is 36.5. The smallest absolute Gasteiger partial charge is 0.408 e. The number of carbonyl (C=O) groups is 7. The predicted molar refractivity (Wildman–Crippen MR) is 559 cm³/mol. The number of amides is 1. The lowest BCUT2D eigenvalue weighted by molar-refractivity contribution is -0.190. The van der Waals surface area contributed by atoms with Crippen molar-refractivity contribution in [3.8, 4) is 0 Å². The van der Waals surface area contributed by atoms with E-state index in [2.05, 4.69) is 112 Å². The normalized spacial score (nSPS) is 34.0. The number of carbonyl (C=O) groups excluding carboxylic acids is 6. The van der Waals surface area contributed by atoms with Crippen molar-refractivity contribution in [3.63, 3.8) is 0 Å². The van der Waals surface area contributed by atoms with Crippen LogP contribution in [0.3, 0.4) is 0 Å². The summed E-state index contributed by atoms with van der Waals surface area (Å²) < 4.78 is 32.2. The van der Waals surface area contributed by atoms with Crippen LogP contribution in [0.5, 0.6) is 0 Å². The summed E-state index contributed by atoms with van der Waals surface area (Å²) in [4.78, 5) is 90.0. The Balaban J connectivity index is 0.000000155. The van der Waals surface area contributed by atoms with Crippen molar-refractivity contribution >= 4 is 41.4 Å². The second-order valence-electron chi connectivity index (χ2n) is 51.0. The van der Waals surface area contributed by atoms with Crippen LogP contribution < -0.4 is 11.1 Å². The highest BCUT2D eigenvalue weighted by Crippen LogP contribution is 2.80. The molecule has 0 saturated heterocycles. The molecule has 0 bridgehead atoms. The van der Waals surface area contributed by atoms with Crippen LogP contribution in [-0.4, -0.2) is 175 Å². The summed E-state index contributed by atoms with van der Waals surface area (Å²) in [5.41, 5.74) is -1.87. The highest BCUT2D eigenvalue weighted by molar-refractivity contribution is 6.06. The largest absolute Gasteiger partial charge is 0.480 e. The Morgan fingerprint density at radius 3 is 1.00 bits per heavy atom. The van der Waals surface area contributed by atoms with Crippen molar-refractivity contribution in [3.05, 3.63) is 285 Å². The molecule has 23 heteroatoms. The fraction of sp³-hybridized carbons (Fsp3) is 0.553. The molecule has 6 saturated carbocycles. The molecule has 0 heterocycles. The lowest BCUT2D eigenvalue weighted by Crippen LogP contribution is -2.61. The number of benzene rings is 6. The Labute approximate surface area is 862 Å². The monoisotopic (exact) mass is 2000 g/mol. The predicted octanol–water partition coefficient (Wildman–Crippen LogP) is 18.5. The molecule has 0 spiro atoms. The van der Waals surface area contributed by atoms with Crippen molar-refractivity contribution in [1.29, 1.82) is 0 Å². The van der Waals surface area contributed by atoms with Crippen molar-refractivity contribution in [2.45, 2.75) is 297 Å². The number of aliphatic carboxylic acids is 1. The standard InChI is InChI=1S/C46H54O6.C39H42O5.C26H39NO6.C12H23NO4/c1-29-24-37-43(49,39(29)47)27-32(25-36-38-42(7,8)44(38,26-30(2)45(36,37)50)52-40(48)31(3)41(4,5)6)28-51-46(33-18-12-9-13-19-33,34-20-14-10-15-21-34)35-22-16-11-17-23-35;1-25-20-32-36(41,34(25)40)23-27(21-31-33-35(3,4)37(33,42)22-26(2)38(31,32)43)24-44-39(28-14-8-5-9-15-28,29-16-10-6-11-17-29)30-18-12-7-13-19-30;1-13-8-17-24(31,20(13)29)11-15(12-28)9-16-18-23(6,7)25(18,10-14(2)26(16,17)32)33-21(30)19(27)22(3,4)5;1-11(2,3)7-8(9(14)15)13-10(16)17-12(4,5)6/h9-25,30-31,36-38,49-50H,26-28H2,1-8H3;5-21,26,31-33,41-43H,22-24H2,1-4H3;8-9,14,16-19,28,31-32H,10-12,27H2,1-7H3;8H,7H2,1-6H3,(H,13,16)(H,14,15)/t30-,31-,36+,37-,38-,43-,44+,45-;26-,31+,32-,33-,36-,37+,38-;14-,16+,17-,18-,19-,24-,25+,26-;8-/m1110/s1. The van der Waals surface area contributed by atoms with Crippen LogP contribution in [0.1, 0.15) is 251 Å². The van der Waals surface area contributed by atoms with Gasteiger partial charge in [0.25, 0.3) is 0 Å². The lowest BCUT2D eigenvalue weighted by Gasteiger charge is -2.50. The zero-order chi connectivity index (χ0) is 107. The quantitative estimate of drug-likeness (QED) is 0.0146. The maximum atomic E-state index is 14.0. The molecule has 12 N–H and O–H groups in total. The van der Waals surface area contributed by atoms with E-state index in [1.807, 2.05) is 225 Å². The average Bonchev–Trinajstić information content (AvgIpc) is 1.48. The van der Waals surface area contributed by atoms with Crippen molar-refractivity contribution < 1.29 is 103 Å². The van der Waals surface area contributed by atoms with Crippen LogP contribution in [0.15, 0.2) is 252 Å². The second-order valence-corrected chi connectivity index (χ2v) is 51.0. The van der Waals surface area contributed by atoms with Gasteiger partial charge >= 0.3 is 24.0 Å². The molecule has 12 aliphatic carbocycles. The van der Waals surface area contributed by atoms with E-state index in [0.717, 1.165) is 44.5 Å². The number of nitrogens with one attached hydrogen (secondary N) is 1. The van der Waals surface area contributed by atoms with Gasteiger partial charge < -0.3 is 80.7 Å². The van der Waals surface area contributed by atoms with Crippen LogP contribution in [0, 0.1) is 109 Å². The zero-order valence-electron chi connectivity index (χ0n) is 90.0. The van der Waals surface area contributed by atoms with E-state index in [1.165, 1.54) is 0 Å². The summed E-state index contributed by atoms with van der Waals surface area (Å²) in [6, 6.07) is 59.0. The molecule has 6 aromatic carbocycles. The number of hydrogen-bond donors (Lipinski definition) is 11. The fourth-order valence-corrected chi connectivity index (χ4v) is 28.0. The number of hydrogen-bond acceptors (Lipinski definition) is 21. The zero-order valence-corrected chi connectivity index (χ0v) is 90.0. The Morgan fingerprint density at radius 1 is 0.418 bits per heavy atom. The lowest BCUT2D eigenvalue weighted by atomic mass is 9.60. The molecule has 24 atom stereocenters. The van der Waals surface area contributed by atoms with Crippen LogP contribution in [0.25, 0.3) is 0 Å². The number of aliphatic hydroxyl groups is 8. The molecular formula is C123H158N2O21. The fourth-order valence-electron chi connectivity index (χ4n) is 28.0. The van der Waals surface area contributed by atoms with Gasteiger partial charge in [0.1, 0.15) is 56.9 Å². The van der Waals surface area contributed by atoms with E-state index in [0.29, 0.717) is 48.0 Å². The molecule has 786 valence electrons. The number of nitrogens with two attached hydrogens (primary N) is 1. The molecule has 6 aromatic rings. The first-order valence-corrected chi connectivity index (χ1v) is 52.2. The van der Waals surface area contributed by atoms with E-state index in [1.54, 1.807) is 59.8 Å². The molecule has 0 aliphatic heterocycles. The highest BCUT2D eigenvalue weighted by Gasteiger charge is 2.86. The molecule has 0 unspecified atom stereocenters. The van der Waals surface area contributed by atoms with Gasteiger partial charge in [-0.3, -0.25) is 24.0 Å². The summed E-state index contributed by atoms with van der Waals surface area (Å²) in [5.74, 6) is -8.87. The average molecular weight is 2000 g/mol. The van der Waals surface area contributed by atoms with Gasteiger partial charge in [-0.25, -0.2) is 9.59 Å². The number of ketones is 3. The second kappa shape index (κ2) is 38.2. The van der Waals surface area contributed by atoms with Crippen molar-refractivity contribution in [2.75, 3.05) is 19.8 Å². The first-order valence-electron chi connectivity index (χ1n) is 52.2. The van der Waals surface area contributed by atoms with E-state index < -0.39 is 166 Å².